The fourth-order valence-electron chi connectivity index (χ4n) is 0.962. The van der Waals surface area contributed by atoms with E-state index in [0.717, 1.165) is 0 Å². The van der Waals surface area contributed by atoms with Crippen molar-refractivity contribution < 1.29 is 17.9 Å². The van der Waals surface area contributed by atoms with E-state index >= 15 is 0 Å². The molecule has 0 amide bonds. The van der Waals surface area contributed by atoms with Crippen molar-refractivity contribution in [2.24, 2.45) is 14.1 Å². The summed E-state index contributed by atoms with van der Waals surface area (Å²) in [6.07, 6.45) is 0. The van der Waals surface area contributed by atoms with Crippen molar-refractivity contribution in [1.29, 1.82) is 0 Å². The number of aromatic nitrogens is 2. The minimum atomic E-state index is 0.530. The van der Waals surface area contributed by atoms with Crippen LogP contribution in [0, 0.1) is 13.8 Å². The molecule has 1 heterocycles. The standard InChI is InChI=1S/C7H13N2.I3/c1-6-5-7(2)9(4)8(6)3;1-3-2/h5H,1-4H3;/q+1;-1. The molecule has 0 spiro atoms. The van der Waals surface area contributed by atoms with Crippen molar-refractivity contribution in [1.82, 2.24) is 4.68 Å². The minimum absolute atomic E-state index is 0.530. The maximum absolute atomic E-state index is 2.39. The van der Waals surface area contributed by atoms with Gasteiger partial charge >= 0.3 is 50.5 Å². The molecule has 1 aromatic rings. The van der Waals surface area contributed by atoms with E-state index in [4.69, 9.17) is 0 Å². The van der Waals surface area contributed by atoms with Gasteiger partial charge in [0.25, 0.3) is 0 Å². The van der Waals surface area contributed by atoms with Gasteiger partial charge in [-0.2, -0.15) is 4.68 Å². The van der Waals surface area contributed by atoms with E-state index in [-0.39, 0.29) is 0 Å². The molecule has 0 bridgehead atoms. The average Bonchev–Trinajstić information content (AvgIpc) is 2.20. The zero-order valence-corrected chi connectivity index (χ0v) is 14.1. The average molecular weight is 506 g/mol. The second-order valence-electron chi connectivity index (χ2n) is 2.53. The van der Waals surface area contributed by atoms with Gasteiger partial charge in [-0.25, -0.2) is 0 Å². The zero-order chi connectivity index (χ0) is 9.72. The maximum atomic E-state index is 2.39. The zero-order valence-electron chi connectivity index (χ0n) is 7.61. The molecular formula is C7H13I3N2. The number of nitrogens with zero attached hydrogens (tertiary/aromatic N) is 2. The number of aryl methyl sites for hydroxylation is 2. The molecule has 0 radical (unpaired) electrons. The first-order chi connectivity index (χ1) is 5.54. The molecule has 0 aromatic carbocycles. The van der Waals surface area contributed by atoms with Gasteiger partial charge in [-0.15, -0.1) is 4.68 Å². The van der Waals surface area contributed by atoms with Crippen LogP contribution in [0.15, 0.2) is 6.07 Å². The van der Waals surface area contributed by atoms with Crippen molar-refractivity contribution in [2.45, 2.75) is 13.8 Å². The van der Waals surface area contributed by atoms with Gasteiger partial charge in [0.15, 0.2) is 7.05 Å². The van der Waals surface area contributed by atoms with Crippen LogP contribution in [0.25, 0.3) is 0 Å². The van der Waals surface area contributed by atoms with Gasteiger partial charge in [-0.1, -0.05) is 0 Å². The van der Waals surface area contributed by atoms with Crippen LogP contribution in [0.3, 0.4) is 0 Å². The van der Waals surface area contributed by atoms with Crippen molar-refractivity contribution in [3.05, 3.63) is 17.5 Å². The van der Waals surface area contributed by atoms with Crippen LogP contribution in [0.1, 0.15) is 11.4 Å². The van der Waals surface area contributed by atoms with Gasteiger partial charge in [0.2, 0.25) is 5.69 Å². The van der Waals surface area contributed by atoms with Crippen LogP contribution in [-0.2, 0) is 14.1 Å². The first-order valence-corrected chi connectivity index (χ1v) is 16.0. The van der Waals surface area contributed by atoms with Crippen LogP contribution in [-0.4, -0.2) is 4.68 Å². The van der Waals surface area contributed by atoms with Gasteiger partial charge in [0, 0.05) is 13.0 Å². The molecule has 0 aliphatic carbocycles. The van der Waals surface area contributed by atoms with Gasteiger partial charge in [0.05, 0.1) is 12.7 Å². The molecule has 0 unspecified atom stereocenters. The summed E-state index contributed by atoms with van der Waals surface area (Å²) in [5.74, 6) is 0. The Morgan fingerprint density at radius 1 is 1.42 bits per heavy atom. The van der Waals surface area contributed by atoms with E-state index in [1.807, 2.05) is 0 Å². The Morgan fingerprint density at radius 3 is 1.92 bits per heavy atom. The van der Waals surface area contributed by atoms with Gasteiger partial charge in [-0.3, -0.25) is 0 Å². The van der Waals surface area contributed by atoms with E-state index in [2.05, 4.69) is 80.6 Å². The fraction of sp³-hybridized carbons (Fsp3) is 0.571. The van der Waals surface area contributed by atoms with Gasteiger partial charge in [-0.05, 0) is 6.92 Å². The summed E-state index contributed by atoms with van der Waals surface area (Å²) >= 11 is 5.30. The molecule has 0 atom stereocenters. The Morgan fingerprint density at radius 2 is 1.83 bits per heavy atom. The summed E-state index contributed by atoms with van der Waals surface area (Å²) < 4.78 is 4.24. The number of hydrogen-bond donors (Lipinski definition) is 0. The second-order valence-corrected chi connectivity index (χ2v) is 18.8. The van der Waals surface area contributed by atoms with Crippen LogP contribution in [0.5, 0.6) is 0 Å². The molecule has 0 aliphatic rings. The van der Waals surface area contributed by atoms with Crippen molar-refractivity contribution in [3.8, 4) is 0 Å². The van der Waals surface area contributed by atoms with E-state index in [0.29, 0.717) is 13.3 Å². The van der Waals surface area contributed by atoms with Crippen LogP contribution in [0.2, 0.25) is 0 Å². The molecule has 0 aliphatic heterocycles. The molecule has 5 heteroatoms. The first kappa shape index (κ1) is 13.4. The van der Waals surface area contributed by atoms with Crippen molar-refractivity contribution in [3.63, 3.8) is 0 Å². The molecule has 72 valence electrons. The second kappa shape index (κ2) is 6.80. The summed E-state index contributed by atoms with van der Waals surface area (Å²) in [6.45, 7) is 4.21. The van der Waals surface area contributed by atoms with E-state index in [9.17, 15) is 0 Å². The molecule has 2 nitrogen and oxygen atoms in total. The number of rotatable bonds is 0. The molecule has 1 aromatic heterocycles. The van der Waals surface area contributed by atoms with Crippen LogP contribution < -0.4 is 17.9 Å². The third kappa shape index (κ3) is 4.07. The van der Waals surface area contributed by atoms with E-state index in [1.165, 1.54) is 11.4 Å². The Hall–Kier alpha value is 1.40. The van der Waals surface area contributed by atoms with E-state index in [1.54, 1.807) is 0 Å². The summed E-state index contributed by atoms with van der Waals surface area (Å²) in [5, 5.41) is 0. The molecule has 12 heavy (non-hydrogen) atoms. The predicted molar refractivity (Wildman–Crippen MR) is 64.1 cm³/mol. The molecule has 0 fully saturated rings. The first-order valence-electron chi connectivity index (χ1n) is 3.40. The summed E-state index contributed by atoms with van der Waals surface area (Å²) in [6, 6.07) is 2.17. The Balaban J connectivity index is 0.000000354. The topological polar surface area (TPSA) is 8.81 Å². The Kier molecular flexibility index (Phi) is 7.59. The summed E-state index contributed by atoms with van der Waals surface area (Å²) in [7, 11) is 4.12. The summed E-state index contributed by atoms with van der Waals surface area (Å²) in [4.78, 5) is 0. The van der Waals surface area contributed by atoms with Crippen molar-refractivity contribution >= 4 is 37.2 Å². The van der Waals surface area contributed by atoms with Crippen molar-refractivity contribution in [2.75, 3.05) is 0 Å². The summed E-state index contributed by atoms with van der Waals surface area (Å²) in [5.41, 5.74) is 2.60. The normalized spacial score (nSPS) is 9.50. The molecule has 0 saturated carbocycles. The number of hydrogen-bond acceptors (Lipinski definition) is 0. The van der Waals surface area contributed by atoms with Crippen LogP contribution in [0.4, 0.5) is 0 Å². The molecular weight excluding hydrogens is 493 g/mol. The quantitative estimate of drug-likeness (QED) is 0.324. The SMILES string of the molecule is Cc1cc(C)[n+](C)n1C.I[I-]I. The molecule has 1 rings (SSSR count). The van der Waals surface area contributed by atoms with Gasteiger partial charge < -0.3 is 0 Å². The molecule has 0 N–H and O–H groups in total. The monoisotopic (exact) mass is 506 g/mol. The molecule has 0 saturated heterocycles. The fourth-order valence-corrected chi connectivity index (χ4v) is 0.962. The predicted octanol–water partition coefficient (Wildman–Crippen LogP) is -0.758. The third-order valence-electron chi connectivity index (χ3n) is 1.89. The Bertz CT molecular complexity index is 223. The third-order valence-corrected chi connectivity index (χ3v) is 1.89. The van der Waals surface area contributed by atoms with Gasteiger partial charge in [0.1, 0.15) is 0 Å². The van der Waals surface area contributed by atoms with Crippen LogP contribution >= 0.6 is 37.2 Å². The Labute approximate surface area is 104 Å². The van der Waals surface area contributed by atoms with E-state index < -0.39 is 0 Å². The number of halogens is 3.